The summed E-state index contributed by atoms with van der Waals surface area (Å²) in [6.07, 6.45) is 10.5. The van der Waals surface area contributed by atoms with Gasteiger partial charge >= 0.3 is 0 Å². The Labute approximate surface area is 221 Å². The fourth-order valence-corrected chi connectivity index (χ4v) is 9.02. The highest BCUT2D eigenvalue weighted by atomic mass is 16.2. The number of carbonyl (C=O) groups excluding carboxylic acids is 2. The van der Waals surface area contributed by atoms with E-state index in [9.17, 15) is 9.59 Å². The average molecular weight is 497 g/mol. The molecular weight excluding hydrogens is 456 g/mol. The lowest BCUT2D eigenvalue weighted by Gasteiger charge is -2.58. The van der Waals surface area contributed by atoms with Gasteiger partial charge in [0.2, 0.25) is 11.8 Å². The van der Waals surface area contributed by atoms with Crippen molar-refractivity contribution in [3.05, 3.63) is 83.9 Å². The second-order valence-electron chi connectivity index (χ2n) is 12.6. The molecule has 0 aromatic heterocycles. The normalized spacial score (nSPS) is 36.3. The number of benzene rings is 2. The molecule has 3 saturated carbocycles. The second kappa shape index (κ2) is 9.15. The van der Waals surface area contributed by atoms with Gasteiger partial charge in [0.1, 0.15) is 0 Å². The van der Waals surface area contributed by atoms with Gasteiger partial charge in [-0.3, -0.25) is 9.59 Å². The van der Waals surface area contributed by atoms with Crippen LogP contribution in [0.5, 0.6) is 0 Å². The Morgan fingerprint density at radius 2 is 1.54 bits per heavy atom. The molecule has 4 aliphatic rings. The van der Waals surface area contributed by atoms with Gasteiger partial charge in [0.05, 0.1) is 6.04 Å². The lowest BCUT2D eigenvalue weighted by molar-refractivity contribution is -0.144. The van der Waals surface area contributed by atoms with E-state index >= 15 is 0 Å². The second-order valence-corrected chi connectivity index (χ2v) is 12.6. The Morgan fingerprint density at radius 1 is 0.892 bits per heavy atom. The fraction of sp³-hybridized carbons (Fsp3) is 0.515. The lowest BCUT2D eigenvalue weighted by atomic mass is 9.48. The number of hydrogen-bond donors (Lipinski definition) is 1. The molecule has 2 amide bonds. The van der Waals surface area contributed by atoms with E-state index in [0.717, 1.165) is 49.7 Å². The third kappa shape index (κ3) is 3.86. The minimum Gasteiger partial charge on any atom is -0.349 e. The standard InChI is InChI=1S/C33H40N2O2/c1-32-20-18-26-24(14-17-28-33(26,2)21-19-29(36)34-28)25(32)15-16-27(32)31(37)35(3)30(22-10-6-4-7-11-22)23-12-8-5-9-13-23/h4-13,19,21,24-28,30H,14-18,20H2,1-3H3,(H,34,36)/t24?,25?,26?,27-,28?,32+,33-/m1/s1. The van der Waals surface area contributed by atoms with Gasteiger partial charge < -0.3 is 10.2 Å². The van der Waals surface area contributed by atoms with Crippen molar-refractivity contribution in [3.8, 4) is 0 Å². The van der Waals surface area contributed by atoms with Crippen molar-refractivity contribution in [2.45, 2.75) is 64.5 Å². The molecule has 4 unspecified atom stereocenters. The summed E-state index contributed by atoms with van der Waals surface area (Å²) >= 11 is 0. The van der Waals surface area contributed by atoms with Crippen molar-refractivity contribution in [1.29, 1.82) is 0 Å². The lowest BCUT2D eigenvalue weighted by Crippen LogP contribution is -2.59. The Balaban J connectivity index is 1.27. The molecule has 2 aromatic rings. The minimum atomic E-state index is -0.0840. The number of hydrogen-bond acceptors (Lipinski definition) is 2. The van der Waals surface area contributed by atoms with Gasteiger partial charge in [-0.2, -0.15) is 0 Å². The van der Waals surface area contributed by atoms with Crippen LogP contribution in [0.1, 0.15) is 69.5 Å². The number of nitrogens with zero attached hydrogens (tertiary/aromatic N) is 1. The number of fused-ring (bicyclic) bond motifs is 5. The summed E-state index contributed by atoms with van der Waals surface area (Å²) in [6.45, 7) is 4.78. The zero-order valence-corrected chi connectivity index (χ0v) is 22.4. The van der Waals surface area contributed by atoms with E-state index in [4.69, 9.17) is 0 Å². The van der Waals surface area contributed by atoms with E-state index in [2.05, 4.69) is 73.8 Å². The molecular formula is C33H40N2O2. The van der Waals surface area contributed by atoms with Crippen LogP contribution in [-0.4, -0.2) is 29.8 Å². The van der Waals surface area contributed by atoms with E-state index in [1.54, 1.807) is 6.08 Å². The molecule has 1 aliphatic heterocycles. The maximum atomic E-state index is 14.3. The molecule has 0 bridgehead atoms. The zero-order valence-electron chi connectivity index (χ0n) is 22.4. The Hall–Kier alpha value is -2.88. The third-order valence-electron chi connectivity index (χ3n) is 10.9. The van der Waals surface area contributed by atoms with Crippen molar-refractivity contribution in [2.24, 2.45) is 34.5 Å². The topological polar surface area (TPSA) is 49.4 Å². The summed E-state index contributed by atoms with van der Waals surface area (Å²) < 4.78 is 0. The minimum absolute atomic E-state index is 0.0305. The summed E-state index contributed by atoms with van der Waals surface area (Å²) in [5, 5.41) is 3.26. The maximum Gasteiger partial charge on any atom is 0.243 e. The molecule has 0 spiro atoms. The van der Waals surface area contributed by atoms with Crippen molar-refractivity contribution in [2.75, 3.05) is 7.05 Å². The Bertz CT molecular complexity index is 1150. The maximum absolute atomic E-state index is 14.3. The quantitative estimate of drug-likeness (QED) is 0.552. The van der Waals surface area contributed by atoms with Crippen molar-refractivity contribution in [3.63, 3.8) is 0 Å². The van der Waals surface area contributed by atoms with Crippen molar-refractivity contribution >= 4 is 11.8 Å². The van der Waals surface area contributed by atoms with Gasteiger partial charge in [0.15, 0.2) is 0 Å². The Morgan fingerprint density at radius 3 is 2.19 bits per heavy atom. The molecule has 37 heavy (non-hydrogen) atoms. The SMILES string of the molecule is CN(C(=O)[C@H]1CCC2C3CCC4NC(=O)C=C[C@]4(C)C3CC[C@@]21C)C(c1ccccc1)c1ccccc1. The van der Waals surface area contributed by atoms with Gasteiger partial charge in [0.25, 0.3) is 0 Å². The number of carbonyl (C=O) groups is 2. The van der Waals surface area contributed by atoms with Crippen LogP contribution in [0, 0.1) is 34.5 Å². The largest absolute Gasteiger partial charge is 0.349 e. The van der Waals surface area contributed by atoms with Crippen molar-refractivity contribution < 1.29 is 9.59 Å². The van der Waals surface area contributed by atoms with Crippen LogP contribution < -0.4 is 5.32 Å². The molecule has 1 heterocycles. The molecule has 6 rings (SSSR count). The molecule has 194 valence electrons. The molecule has 3 fully saturated rings. The first-order valence-electron chi connectivity index (χ1n) is 14.2. The number of nitrogens with one attached hydrogen (secondary N) is 1. The predicted molar refractivity (Wildman–Crippen MR) is 146 cm³/mol. The monoisotopic (exact) mass is 496 g/mol. The molecule has 0 radical (unpaired) electrons. The molecule has 4 heteroatoms. The van der Waals surface area contributed by atoms with Gasteiger partial charge in [-0.25, -0.2) is 0 Å². The van der Waals surface area contributed by atoms with E-state index in [1.165, 1.54) is 0 Å². The van der Waals surface area contributed by atoms with E-state index in [-0.39, 0.29) is 34.7 Å². The highest BCUT2D eigenvalue weighted by molar-refractivity contribution is 5.89. The number of amides is 2. The average Bonchev–Trinajstić information content (AvgIpc) is 3.27. The van der Waals surface area contributed by atoms with Gasteiger partial charge in [-0.15, -0.1) is 0 Å². The first-order chi connectivity index (χ1) is 17.8. The van der Waals surface area contributed by atoms with Crippen LogP contribution in [0.3, 0.4) is 0 Å². The van der Waals surface area contributed by atoms with Crippen molar-refractivity contribution in [1.82, 2.24) is 10.2 Å². The van der Waals surface area contributed by atoms with Crippen LogP contribution in [0.2, 0.25) is 0 Å². The van der Waals surface area contributed by atoms with E-state index in [1.807, 2.05) is 24.1 Å². The highest BCUT2D eigenvalue weighted by Gasteiger charge is 2.61. The smallest absolute Gasteiger partial charge is 0.243 e. The molecule has 3 aliphatic carbocycles. The Kier molecular flexibility index (Phi) is 6.05. The summed E-state index contributed by atoms with van der Waals surface area (Å²) in [6, 6.07) is 21.1. The van der Waals surface area contributed by atoms with Crippen LogP contribution >= 0.6 is 0 Å². The van der Waals surface area contributed by atoms with Gasteiger partial charge in [0, 0.05) is 24.4 Å². The first kappa shape index (κ1) is 24.5. The summed E-state index contributed by atoms with van der Waals surface area (Å²) in [7, 11) is 2.01. The van der Waals surface area contributed by atoms with Crippen LogP contribution in [0.15, 0.2) is 72.8 Å². The highest BCUT2D eigenvalue weighted by Crippen LogP contribution is 2.65. The van der Waals surface area contributed by atoms with E-state index < -0.39 is 0 Å². The molecule has 2 aromatic carbocycles. The van der Waals surface area contributed by atoms with Crippen LogP contribution in [0.25, 0.3) is 0 Å². The number of rotatable bonds is 4. The first-order valence-corrected chi connectivity index (χ1v) is 14.2. The molecule has 4 nitrogen and oxygen atoms in total. The molecule has 0 saturated heterocycles. The molecule has 7 atom stereocenters. The molecule has 1 N–H and O–H groups in total. The van der Waals surface area contributed by atoms with Gasteiger partial charge in [-0.05, 0) is 78.9 Å². The zero-order chi connectivity index (χ0) is 25.8. The summed E-state index contributed by atoms with van der Waals surface area (Å²) in [5.74, 6) is 2.19. The van der Waals surface area contributed by atoms with Gasteiger partial charge in [-0.1, -0.05) is 80.6 Å². The third-order valence-corrected chi connectivity index (χ3v) is 10.9. The van der Waals surface area contributed by atoms with E-state index in [0.29, 0.717) is 23.7 Å². The predicted octanol–water partition coefficient (Wildman–Crippen LogP) is 6.15. The van der Waals surface area contributed by atoms with Crippen LogP contribution in [0.4, 0.5) is 0 Å². The summed E-state index contributed by atoms with van der Waals surface area (Å²) in [4.78, 5) is 28.4. The fourth-order valence-electron chi connectivity index (χ4n) is 9.02. The summed E-state index contributed by atoms with van der Waals surface area (Å²) in [5.41, 5.74) is 2.38. The van der Waals surface area contributed by atoms with Crippen LogP contribution in [-0.2, 0) is 9.59 Å².